The Hall–Kier alpha value is -3.07. The van der Waals surface area contributed by atoms with Crippen molar-refractivity contribution in [2.45, 2.75) is 71.5 Å². The monoisotopic (exact) mass is 645 g/mol. The van der Waals surface area contributed by atoms with Crippen LogP contribution in [0, 0.1) is 0 Å². The summed E-state index contributed by atoms with van der Waals surface area (Å²) < 4.78 is 26.7. The van der Waals surface area contributed by atoms with Crippen molar-refractivity contribution in [2.24, 2.45) is 0 Å². The molecule has 232 valence electrons. The topological polar surface area (TPSA) is 86.8 Å². The van der Waals surface area contributed by atoms with Crippen molar-refractivity contribution in [3.63, 3.8) is 0 Å². The van der Waals surface area contributed by atoms with Gasteiger partial charge in [-0.3, -0.25) is 13.9 Å². The van der Waals surface area contributed by atoms with E-state index in [2.05, 4.69) is 5.32 Å². The molecular formula is C33H41Cl2N3O4S. The van der Waals surface area contributed by atoms with Crippen LogP contribution in [0.4, 0.5) is 5.69 Å². The van der Waals surface area contributed by atoms with Gasteiger partial charge in [0.15, 0.2) is 0 Å². The molecule has 0 aliphatic carbocycles. The van der Waals surface area contributed by atoms with E-state index in [1.807, 2.05) is 63.2 Å². The van der Waals surface area contributed by atoms with E-state index in [4.69, 9.17) is 23.2 Å². The van der Waals surface area contributed by atoms with Gasteiger partial charge in [0.25, 0.3) is 0 Å². The Morgan fingerprint density at radius 2 is 1.60 bits per heavy atom. The minimum absolute atomic E-state index is 0.0339. The maximum Gasteiger partial charge on any atom is 0.243 e. The number of carbonyl (C=O) groups excluding carboxylic acids is 2. The Morgan fingerprint density at radius 3 is 2.19 bits per heavy atom. The first-order valence-electron chi connectivity index (χ1n) is 14.6. The van der Waals surface area contributed by atoms with Crippen LogP contribution in [0.15, 0.2) is 72.8 Å². The molecule has 2 atom stereocenters. The molecule has 2 amide bonds. The van der Waals surface area contributed by atoms with Gasteiger partial charge < -0.3 is 10.2 Å². The second-order valence-corrected chi connectivity index (χ2v) is 13.5. The first-order chi connectivity index (χ1) is 20.4. The molecule has 0 heterocycles. The standard InChI is InChI=1S/C33H41Cl2N3O4S/c1-5-24(3)36-33(40)31(21-26-11-8-7-9-12-26)37(23-27-16-17-28(34)22-30(27)35)32(39)13-10-20-38(43(4,41)42)29-18-14-25(6-2)15-19-29/h7-9,11-12,14-19,22,24,31H,5-6,10,13,20-21,23H2,1-4H3,(H,36,40)/t24-,31-/m0/s1. The van der Waals surface area contributed by atoms with Gasteiger partial charge in [0.05, 0.1) is 11.9 Å². The van der Waals surface area contributed by atoms with Crippen LogP contribution in [0.3, 0.4) is 0 Å². The van der Waals surface area contributed by atoms with E-state index in [-0.39, 0.29) is 43.8 Å². The van der Waals surface area contributed by atoms with Crippen LogP contribution in [0.1, 0.15) is 56.7 Å². The highest BCUT2D eigenvalue weighted by Crippen LogP contribution is 2.25. The van der Waals surface area contributed by atoms with Gasteiger partial charge >= 0.3 is 0 Å². The number of carbonyl (C=O) groups is 2. The third-order valence-corrected chi connectivity index (χ3v) is 9.19. The van der Waals surface area contributed by atoms with E-state index in [0.29, 0.717) is 27.7 Å². The van der Waals surface area contributed by atoms with Crippen LogP contribution >= 0.6 is 23.2 Å². The summed E-state index contributed by atoms with van der Waals surface area (Å²) in [4.78, 5) is 29.2. The van der Waals surface area contributed by atoms with Crippen molar-refractivity contribution < 1.29 is 18.0 Å². The minimum Gasteiger partial charge on any atom is -0.352 e. The lowest BCUT2D eigenvalue weighted by molar-refractivity contribution is -0.141. The molecule has 0 aromatic heterocycles. The van der Waals surface area contributed by atoms with Gasteiger partial charge in [-0.2, -0.15) is 0 Å². The maximum absolute atomic E-state index is 14.0. The average Bonchev–Trinajstić information content (AvgIpc) is 2.97. The smallest absolute Gasteiger partial charge is 0.243 e. The van der Waals surface area contributed by atoms with Crippen molar-refractivity contribution >= 4 is 50.7 Å². The Kier molecular flexibility index (Phi) is 12.9. The molecule has 0 radical (unpaired) electrons. The first-order valence-corrected chi connectivity index (χ1v) is 17.2. The van der Waals surface area contributed by atoms with Crippen molar-refractivity contribution in [3.05, 3.63) is 99.5 Å². The van der Waals surface area contributed by atoms with E-state index >= 15 is 0 Å². The maximum atomic E-state index is 14.0. The lowest BCUT2D eigenvalue weighted by Gasteiger charge is -2.33. The molecule has 0 saturated heterocycles. The molecule has 0 aliphatic rings. The van der Waals surface area contributed by atoms with Gasteiger partial charge in [0.1, 0.15) is 6.04 Å². The molecule has 0 aliphatic heterocycles. The predicted octanol–water partition coefficient (Wildman–Crippen LogP) is 6.66. The molecule has 0 spiro atoms. The fourth-order valence-electron chi connectivity index (χ4n) is 4.73. The third-order valence-electron chi connectivity index (χ3n) is 7.41. The van der Waals surface area contributed by atoms with Gasteiger partial charge in [0.2, 0.25) is 21.8 Å². The first kappa shape index (κ1) is 34.4. The quantitative estimate of drug-likeness (QED) is 0.200. The number of rotatable bonds is 15. The third kappa shape index (κ3) is 10.3. The largest absolute Gasteiger partial charge is 0.352 e. The molecule has 0 saturated carbocycles. The van der Waals surface area contributed by atoms with Crippen LogP contribution in [-0.4, -0.2) is 50.0 Å². The van der Waals surface area contributed by atoms with Gasteiger partial charge in [-0.15, -0.1) is 0 Å². The molecule has 10 heteroatoms. The van der Waals surface area contributed by atoms with Crippen LogP contribution in [0.2, 0.25) is 10.0 Å². The Morgan fingerprint density at radius 1 is 0.930 bits per heavy atom. The van der Waals surface area contributed by atoms with Crippen molar-refractivity contribution in [1.82, 2.24) is 10.2 Å². The number of hydrogen-bond acceptors (Lipinski definition) is 4. The molecule has 3 rings (SSSR count). The second kappa shape index (κ2) is 16.1. The highest BCUT2D eigenvalue weighted by Gasteiger charge is 2.31. The lowest BCUT2D eigenvalue weighted by atomic mass is 10.0. The lowest BCUT2D eigenvalue weighted by Crippen LogP contribution is -2.52. The molecule has 1 N–H and O–H groups in total. The van der Waals surface area contributed by atoms with Crippen LogP contribution < -0.4 is 9.62 Å². The van der Waals surface area contributed by atoms with E-state index < -0.39 is 16.1 Å². The molecule has 0 bridgehead atoms. The number of amides is 2. The summed E-state index contributed by atoms with van der Waals surface area (Å²) in [6, 6.07) is 21.1. The second-order valence-electron chi connectivity index (χ2n) is 10.7. The molecular weight excluding hydrogens is 605 g/mol. The fraction of sp³-hybridized carbons (Fsp3) is 0.394. The molecule has 43 heavy (non-hydrogen) atoms. The van der Waals surface area contributed by atoms with Gasteiger partial charge in [-0.05, 0) is 67.1 Å². The predicted molar refractivity (Wildman–Crippen MR) is 176 cm³/mol. The zero-order valence-corrected chi connectivity index (χ0v) is 27.6. The van der Waals surface area contributed by atoms with E-state index in [1.54, 1.807) is 35.2 Å². The Balaban J connectivity index is 1.91. The van der Waals surface area contributed by atoms with Crippen LogP contribution in [0.25, 0.3) is 0 Å². The number of aryl methyl sites for hydroxylation is 1. The van der Waals surface area contributed by atoms with Gasteiger partial charge in [0, 0.05) is 42.0 Å². The van der Waals surface area contributed by atoms with E-state index in [0.717, 1.165) is 30.2 Å². The number of halogens is 2. The number of nitrogens with zero attached hydrogens (tertiary/aromatic N) is 2. The number of anilines is 1. The fourth-order valence-corrected chi connectivity index (χ4v) is 6.16. The molecule has 0 unspecified atom stereocenters. The highest BCUT2D eigenvalue weighted by molar-refractivity contribution is 7.92. The number of sulfonamides is 1. The minimum atomic E-state index is -3.59. The molecule has 7 nitrogen and oxygen atoms in total. The Labute approximate surface area is 266 Å². The summed E-state index contributed by atoms with van der Waals surface area (Å²) in [6.07, 6.45) is 3.34. The number of benzene rings is 3. The van der Waals surface area contributed by atoms with Crippen LogP contribution in [-0.2, 0) is 39.0 Å². The summed E-state index contributed by atoms with van der Waals surface area (Å²) in [7, 11) is -3.59. The normalized spacial score (nSPS) is 12.8. The SMILES string of the molecule is CCc1ccc(N(CCCC(=O)N(Cc2ccc(Cl)cc2Cl)[C@@H](Cc2ccccc2)C(=O)N[C@@H](C)CC)S(C)(=O)=O)cc1. The summed E-state index contributed by atoms with van der Waals surface area (Å²) >= 11 is 12.6. The number of hydrogen-bond donors (Lipinski definition) is 1. The number of nitrogens with one attached hydrogen (secondary N) is 1. The average molecular weight is 647 g/mol. The molecule has 0 fully saturated rings. The van der Waals surface area contributed by atoms with Crippen molar-refractivity contribution in [3.8, 4) is 0 Å². The van der Waals surface area contributed by atoms with E-state index in [9.17, 15) is 18.0 Å². The molecule has 3 aromatic carbocycles. The van der Waals surface area contributed by atoms with Gasteiger partial charge in [-0.25, -0.2) is 8.42 Å². The summed E-state index contributed by atoms with van der Waals surface area (Å²) in [5.74, 6) is -0.536. The highest BCUT2D eigenvalue weighted by atomic mass is 35.5. The summed E-state index contributed by atoms with van der Waals surface area (Å²) in [6.45, 7) is 6.15. The van der Waals surface area contributed by atoms with Crippen LogP contribution in [0.5, 0.6) is 0 Å². The van der Waals surface area contributed by atoms with Crippen molar-refractivity contribution in [1.29, 1.82) is 0 Å². The zero-order chi connectivity index (χ0) is 31.6. The van der Waals surface area contributed by atoms with Gasteiger partial charge in [-0.1, -0.05) is 85.6 Å². The summed E-state index contributed by atoms with van der Waals surface area (Å²) in [5.41, 5.74) is 3.21. The Bertz CT molecular complexity index is 1470. The summed E-state index contributed by atoms with van der Waals surface area (Å²) in [5, 5.41) is 3.91. The van der Waals surface area contributed by atoms with E-state index in [1.165, 1.54) is 4.31 Å². The molecule has 3 aromatic rings. The van der Waals surface area contributed by atoms with Crippen molar-refractivity contribution in [2.75, 3.05) is 17.1 Å². The zero-order valence-electron chi connectivity index (χ0n) is 25.2.